The zero-order chi connectivity index (χ0) is 12.6. The van der Waals surface area contributed by atoms with Crippen LogP contribution < -0.4 is 5.73 Å². The molecule has 1 fully saturated rings. The molecule has 0 amide bonds. The number of nitrogens with two attached hydrogens (primary N) is 1. The third-order valence-corrected chi connectivity index (χ3v) is 4.21. The van der Waals surface area contributed by atoms with Gasteiger partial charge in [0.05, 0.1) is 17.4 Å². The molecule has 1 aliphatic rings. The van der Waals surface area contributed by atoms with Gasteiger partial charge in [0.25, 0.3) is 0 Å². The lowest BCUT2D eigenvalue weighted by molar-refractivity contribution is 0.685. The van der Waals surface area contributed by atoms with Gasteiger partial charge in [0.1, 0.15) is 5.82 Å². The first-order valence-corrected chi connectivity index (χ1v) is 7.27. The van der Waals surface area contributed by atoms with Crippen molar-refractivity contribution in [3.8, 4) is 11.3 Å². The van der Waals surface area contributed by atoms with Crippen molar-refractivity contribution >= 4 is 11.8 Å². The number of benzene rings is 1. The van der Waals surface area contributed by atoms with E-state index in [1.54, 1.807) is 0 Å². The lowest BCUT2D eigenvalue weighted by atomic mass is 10.2. The van der Waals surface area contributed by atoms with E-state index in [4.69, 9.17) is 5.73 Å². The Hall–Kier alpha value is -1.26. The Kier molecular flexibility index (Phi) is 2.92. The summed E-state index contributed by atoms with van der Waals surface area (Å²) >= 11 is 1.85. The van der Waals surface area contributed by atoms with Crippen molar-refractivity contribution in [1.29, 1.82) is 0 Å². The van der Waals surface area contributed by atoms with Gasteiger partial charge in [0, 0.05) is 4.90 Å². The highest BCUT2D eigenvalue weighted by Gasteiger charge is 2.42. The number of aromatic nitrogens is 2. The van der Waals surface area contributed by atoms with Crippen LogP contribution >= 0.6 is 11.8 Å². The molecule has 0 unspecified atom stereocenters. The second-order valence-electron chi connectivity index (χ2n) is 4.76. The highest BCUT2D eigenvalue weighted by atomic mass is 32.2. The van der Waals surface area contributed by atoms with Gasteiger partial charge in [-0.25, -0.2) is 4.98 Å². The molecule has 1 aromatic heterocycles. The van der Waals surface area contributed by atoms with E-state index < -0.39 is 0 Å². The molecule has 3 rings (SSSR count). The summed E-state index contributed by atoms with van der Waals surface area (Å²) in [5, 5.41) is 0. The van der Waals surface area contributed by atoms with Gasteiger partial charge in [-0.3, -0.25) is 0 Å². The molecule has 18 heavy (non-hydrogen) atoms. The fraction of sp³-hybridized carbons (Fsp3) is 0.357. The minimum atomic E-state index is -0.184. The molecule has 1 aromatic carbocycles. The second kappa shape index (κ2) is 4.44. The molecule has 0 bridgehead atoms. The first-order chi connectivity index (χ1) is 8.71. The number of nitrogens with zero attached hydrogens (tertiary/aromatic N) is 1. The largest absolute Gasteiger partial charge is 0.340 e. The Morgan fingerprint density at radius 3 is 2.67 bits per heavy atom. The van der Waals surface area contributed by atoms with E-state index in [9.17, 15) is 0 Å². The third kappa shape index (κ3) is 2.18. The van der Waals surface area contributed by atoms with Gasteiger partial charge < -0.3 is 10.7 Å². The van der Waals surface area contributed by atoms with Crippen molar-refractivity contribution in [3.63, 3.8) is 0 Å². The van der Waals surface area contributed by atoms with Crippen LogP contribution in [0.1, 0.15) is 25.6 Å². The van der Waals surface area contributed by atoms with Crippen LogP contribution in [0.2, 0.25) is 0 Å². The van der Waals surface area contributed by atoms with Crippen molar-refractivity contribution in [2.75, 3.05) is 5.75 Å². The monoisotopic (exact) mass is 259 g/mol. The quantitative estimate of drug-likeness (QED) is 0.829. The molecule has 0 spiro atoms. The van der Waals surface area contributed by atoms with Crippen LogP contribution in [0, 0.1) is 0 Å². The van der Waals surface area contributed by atoms with Crippen molar-refractivity contribution in [3.05, 3.63) is 36.3 Å². The number of aromatic amines is 1. The Morgan fingerprint density at radius 2 is 2.06 bits per heavy atom. The van der Waals surface area contributed by atoms with Crippen molar-refractivity contribution in [1.82, 2.24) is 9.97 Å². The van der Waals surface area contributed by atoms with Crippen LogP contribution in [0.25, 0.3) is 11.3 Å². The number of hydrogen-bond acceptors (Lipinski definition) is 3. The molecule has 4 heteroatoms. The van der Waals surface area contributed by atoms with Gasteiger partial charge in [-0.1, -0.05) is 19.1 Å². The first kappa shape index (κ1) is 11.8. The summed E-state index contributed by atoms with van der Waals surface area (Å²) in [6.45, 7) is 2.16. The fourth-order valence-corrected chi connectivity index (χ4v) is 2.65. The van der Waals surface area contributed by atoms with Gasteiger partial charge in [-0.15, -0.1) is 11.8 Å². The number of rotatable bonds is 4. The zero-order valence-corrected chi connectivity index (χ0v) is 11.3. The summed E-state index contributed by atoms with van der Waals surface area (Å²) in [4.78, 5) is 9.04. The minimum absolute atomic E-state index is 0.184. The number of nitrogens with one attached hydrogen (secondary N) is 1. The van der Waals surface area contributed by atoms with Crippen LogP contribution in [0.15, 0.2) is 35.4 Å². The lowest BCUT2D eigenvalue weighted by Crippen LogP contribution is -2.20. The molecule has 0 aliphatic heterocycles. The average Bonchev–Trinajstić information content (AvgIpc) is 2.95. The highest BCUT2D eigenvalue weighted by Crippen LogP contribution is 2.41. The third-order valence-electron chi connectivity index (χ3n) is 3.31. The molecule has 0 radical (unpaired) electrons. The van der Waals surface area contributed by atoms with Gasteiger partial charge in [-0.2, -0.15) is 0 Å². The van der Waals surface area contributed by atoms with Crippen molar-refractivity contribution in [2.45, 2.75) is 30.2 Å². The maximum absolute atomic E-state index is 6.13. The molecule has 0 saturated heterocycles. The number of hydrogen-bond donors (Lipinski definition) is 2. The Balaban J connectivity index is 1.83. The minimum Gasteiger partial charge on any atom is -0.340 e. The van der Waals surface area contributed by atoms with Crippen LogP contribution in [0.4, 0.5) is 0 Å². The fourth-order valence-electron chi connectivity index (χ4n) is 1.99. The molecule has 0 atom stereocenters. The van der Waals surface area contributed by atoms with Crippen molar-refractivity contribution < 1.29 is 0 Å². The number of H-pyrrole nitrogens is 1. The normalized spacial score (nSPS) is 16.8. The van der Waals surface area contributed by atoms with Crippen LogP contribution in [0.5, 0.6) is 0 Å². The van der Waals surface area contributed by atoms with Crippen LogP contribution in [0.3, 0.4) is 0 Å². The number of thioether (sulfide) groups is 1. The summed E-state index contributed by atoms with van der Waals surface area (Å²) in [7, 11) is 0. The zero-order valence-electron chi connectivity index (χ0n) is 10.4. The SMILES string of the molecule is CCSc1ccc(-c2cnc(C3(N)CC3)[nH]2)cc1. The van der Waals surface area contributed by atoms with E-state index in [0.29, 0.717) is 0 Å². The second-order valence-corrected chi connectivity index (χ2v) is 6.10. The van der Waals surface area contributed by atoms with Gasteiger partial charge in [-0.05, 0) is 36.3 Å². The van der Waals surface area contributed by atoms with Crippen LogP contribution in [-0.4, -0.2) is 15.7 Å². The maximum Gasteiger partial charge on any atom is 0.126 e. The standard InChI is InChI=1S/C14H17N3S/c1-2-18-11-5-3-10(4-6-11)12-9-16-13(17-12)14(15)7-8-14/h3-6,9H,2,7-8,15H2,1H3,(H,16,17). The molecule has 94 valence electrons. The molecule has 1 heterocycles. The van der Waals surface area contributed by atoms with Gasteiger partial charge in [0.2, 0.25) is 0 Å². The number of imidazole rings is 1. The van der Waals surface area contributed by atoms with E-state index in [-0.39, 0.29) is 5.54 Å². The first-order valence-electron chi connectivity index (χ1n) is 6.29. The van der Waals surface area contributed by atoms with Gasteiger partial charge >= 0.3 is 0 Å². The predicted molar refractivity (Wildman–Crippen MR) is 75.5 cm³/mol. The predicted octanol–water partition coefficient (Wildman–Crippen LogP) is 3.14. The highest BCUT2D eigenvalue weighted by molar-refractivity contribution is 7.99. The summed E-state index contributed by atoms with van der Waals surface area (Å²) in [5.74, 6) is 2.02. The smallest absolute Gasteiger partial charge is 0.126 e. The molecule has 2 aromatic rings. The summed E-state index contributed by atoms with van der Waals surface area (Å²) in [6.07, 6.45) is 3.95. The molecule has 3 N–H and O–H groups in total. The van der Waals surface area contributed by atoms with Gasteiger partial charge in [0.15, 0.2) is 0 Å². The summed E-state index contributed by atoms with van der Waals surface area (Å²) in [5.41, 5.74) is 8.16. The summed E-state index contributed by atoms with van der Waals surface area (Å²) < 4.78 is 0. The van der Waals surface area contributed by atoms with Crippen molar-refractivity contribution in [2.24, 2.45) is 5.73 Å². The van der Waals surface area contributed by atoms with E-state index in [1.807, 2.05) is 18.0 Å². The van der Waals surface area contributed by atoms with E-state index >= 15 is 0 Å². The molecular formula is C14H17N3S. The van der Waals surface area contributed by atoms with Crippen LogP contribution in [-0.2, 0) is 5.54 Å². The Bertz CT molecular complexity index is 540. The average molecular weight is 259 g/mol. The van der Waals surface area contributed by atoms with E-state index in [2.05, 4.69) is 41.2 Å². The lowest BCUT2D eigenvalue weighted by Gasteiger charge is -2.03. The van der Waals surface area contributed by atoms with E-state index in [1.165, 1.54) is 10.5 Å². The molecule has 1 aliphatic carbocycles. The molecule has 1 saturated carbocycles. The summed E-state index contributed by atoms with van der Waals surface area (Å²) in [6, 6.07) is 8.56. The topological polar surface area (TPSA) is 54.7 Å². The van der Waals surface area contributed by atoms with E-state index in [0.717, 1.165) is 30.1 Å². The molecule has 3 nitrogen and oxygen atoms in total. The Morgan fingerprint density at radius 1 is 1.33 bits per heavy atom. The molecular weight excluding hydrogens is 242 g/mol. The Labute approximate surface area is 111 Å². The maximum atomic E-state index is 6.13.